The second-order valence-corrected chi connectivity index (χ2v) is 3.70. The molecular formula is C12H15N3. The van der Waals surface area contributed by atoms with Crippen LogP contribution in [-0.2, 0) is 0 Å². The minimum atomic E-state index is 0.332. The molecule has 2 rings (SSSR count). The van der Waals surface area contributed by atoms with Gasteiger partial charge in [-0.25, -0.2) is 0 Å². The van der Waals surface area contributed by atoms with Crippen LogP contribution in [0.2, 0.25) is 0 Å². The van der Waals surface area contributed by atoms with Gasteiger partial charge in [-0.3, -0.25) is 5.10 Å². The zero-order chi connectivity index (χ0) is 10.7. The molecule has 0 saturated heterocycles. The minimum absolute atomic E-state index is 0.332. The summed E-state index contributed by atoms with van der Waals surface area (Å²) < 4.78 is 0. The molecule has 15 heavy (non-hydrogen) atoms. The number of nitrogens with zero attached hydrogens (tertiary/aromatic N) is 1. The second-order valence-electron chi connectivity index (χ2n) is 3.70. The summed E-state index contributed by atoms with van der Waals surface area (Å²) in [6.45, 7) is 2.75. The van der Waals surface area contributed by atoms with Crippen LogP contribution in [0.5, 0.6) is 0 Å². The molecule has 1 aromatic carbocycles. The maximum absolute atomic E-state index is 5.67. The molecule has 0 aliphatic heterocycles. The molecule has 3 heteroatoms. The van der Waals surface area contributed by atoms with Gasteiger partial charge in [0.2, 0.25) is 0 Å². The largest absolute Gasteiger partial charge is 0.330 e. The fraction of sp³-hybridized carbons (Fsp3) is 0.250. The molecule has 1 atom stereocenters. The van der Waals surface area contributed by atoms with E-state index < -0.39 is 0 Å². The van der Waals surface area contributed by atoms with Crippen molar-refractivity contribution in [1.82, 2.24) is 10.2 Å². The van der Waals surface area contributed by atoms with E-state index in [2.05, 4.69) is 29.3 Å². The van der Waals surface area contributed by atoms with E-state index >= 15 is 0 Å². The first kappa shape index (κ1) is 9.93. The van der Waals surface area contributed by atoms with Crippen LogP contribution in [0.15, 0.2) is 36.5 Å². The molecule has 3 N–H and O–H groups in total. The highest BCUT2D eigenvalue weighted by Gasteiger charge is 2.12. The number of hydrogen-bond acceptors (Lipinski definition) is 2. The van der Waals surface area contributed by atoms with Crippen LogP contribution >= 0.6 is 0 Å². The molecule has 1 heterocycles. The molecule has 0 radical (unpaired) electrons. The van der Waals surface area contributed by atoms with E-state index in [9.17, 15) is 0 Å². The third-order valence-electron chi connectivity index (χ3n) is 2.62. The second kappa shape index (κ2) is 4.28. The highest BCUT2D eigenvalue weighted by Crippen LogP contribution is 2.26. The average molecular weight is 201 g/mol. The summed E-state index contributed by atoms with van der Waals surface area (Å²) in [4.78, 5) is 0. The summed E-state index contributed by atoms with van der Waals surface area (Å²) in [7, 11) is 0. The molecule has 0 aliphatic carbocycles. The Morgan fingerprint density at radius 2 is 2.07 bits per heavy atom. The number of H-pyrrole nitrogens is 1. The van der Waals surface area contributed by atoms with E-state index in [4.69, 9.17) is 5.73 Å². The number of rotatable bonds is 3. The SMILES string of the molecule is CC(CN)c1cn[nH]c1-c1ccccc1. The molecule has 0 aliphatic rings. The van der Waals surface area contributed by atoms with Crippen molar-refractivity contribution < 1.29 is 0 Å². The topological polar surface area (TPSA) is 54.7 Å². The van der Waals surface area contributed by atoms with Gasteiger partial charge in [-0.2, -0.15) is 5.10 Å². The monoisotopic (exact) mass is 201 g/mol. The Labute approximate surface area is 89.3 Å². The van der Waals surface area contributed by atoms with Gasteiger partial charge < -0.3 is 5.73 Å². The van der Waals surface area contributed by atoms with Crippen molar-refractivity contribution in [2.24, 2.45) is 5.73 Å². The van der Waals surface area contributed by atoms with Crippen LogP contribution in [0.1, 0.15) is 18.4 Å². The van der Waals surface area contributed by atoms with Gasteiger partial charge in [0.05, 0.1) is 11.9 Å². The van der Waals surface area contributed by atoms with Crippen molar-refractivity contribution >= 4 is 0 Å². The summed E-state index contributed by atoms with van der Waals surface area (Å²) in [6, 6.07) is 10.2. The van der Waals surface area contributed by atoms with E-state index in [0.29, 0.717) is 12.5 Å². The van der Waals surface area contributed by atoms with E-state index in [1.807, 2.05) is 24.4 Å². The van der Waals surface area contributed by atoms with E-state index in [0.717, 1.165) is 11.3 Å². The van der Waals surface area contributed by atoms with Crippen LogP contribution in [0, 0.1) is 0 Å². The number of benzene rings is 1. The molecule has 1 unspecified atom stereocenters. The lowest BCUT2D eigenvalue weighted by atomic mass is 9.98. The normalized spacial score (nSPS) is 12.7. The van der Waals surface area contributed by atoms with Crippen LogP contribution in [0.25, 0.3) is 11.3 Å². The molecule has 2 aromatic rings. The minimum Gasteiger partial charge on any atom is -0.330 e. The average Bonchev–Trinajstić information content (AvgIpc) is 2.78. The lowest BCUT2D eigenvalue weighted by Crippen LogP contribution is -2.08. The molecule has 3 nitrogen and oxygen atoms in total. The first-order valence-electron chi connectivity index (χ1n) is 5.11. The van der Waals surface area contributed by atoms with Crippen molar-refractivity contribution in [2.45, 2.75) is 12.8 Å². The maximum Gasteiger partial charge on any atom is 0.0685 e. The lowest BCUT2D eigenvalue weighted by molar-refractivity contribution is 0.776. The van der Waals surface area contributed by atoms with Gasteiger partial charge in [0.15, 0.2) is 0 Å². The van der Waals surface area contributed by atoms with Crippen LogP contribution in [-0.4, -0.2) is 16.7 Å². The maximum atomic E-state index is 5.67. The quantitative estimate of drug-likeness (QED) is 0.799. The van der Waals surface area contributed by atoms with Crippen LogP contribution in [0.4, 0.5) is 0 Å². The number of aromatic amines is 1. The fourth-order valence-corrected chi connectivity index (χ4v) is 1.63. The molecule has 0 bridgehead atoms. The number of nitrogens with two attached hydrogens (primary N) is 1. The summed E-state index contributed by atoms with van der Waals surface area (Å²) >= 11 is 0. The smallest absolute Gasteiger partial charge is 0.0685 e. The van der Waals surface area contributed by atoms with Crippen LogP contribution < -0.4 is 5.73 Å². The van der Waals surface area contributed by atoms with Gasteiger partial charge >= 0.3 is 0 Å². The fourth-order valence-electron chi connectivity index (χ4n) is 1.63. The molecule has 0 amide bonds. The van der Waals surface area contributed by atoms with Crippen LogP contribution in [0.3, 0.4) is 0 Å². The number of nitrogens with one attached hydrogen (secondary N) is 1. The Hall–Kier alpha value is -1.61. The zero-order valence-electron chi connectivity index (χ0n) is 8.77. The molecule has 0 fully saturated rings. The third-order valence-corrected chi connectivity index (χ3v) is 2.62. The van der Waals surface area contributed by atoms with Gasteiger partial charge in [0, 0.05) is 5.56 Å². The molecular weight excluding hydrogens is 186 g/mol. The first-order valence-corrected chi connectivity index (χ1v) is 5.11. The van der Waals surface area contributed by atoms with E-state index in [1.54, 1.807) is 0 Å². The molecule has 78 valence electrons. The van der Waals surface area contributed by atoms with Crippen molar-refractivity contribution in [3.63, 3.8) is 0 Å². The van der Waals surface area contributed by atoms with Crippen molar-refractivity contribution in [3.8, 4) is 11.3 Å². The lowest BCUT2D eigenvalue weighted by Gasteiger charge is -2.08. The Morgan fingerprint density at radius 1 is 1.33 bits per heavy atom. The Kier molecular flexibility index (Phi) is 2.83. The van der Waals surface area contributed by atoms with Gasteiger partial charge in [0.1, 0.15) is 0 Å². The van der Waals surface area contributed by atoms with Gasteiger partial charge in [-0.1, -0.05) is 37.3 Å². The molecule has 0 spiro atoms. The summed E-state index contributed by atoms with van der Waals surface area (Å²) in [5, 5.41) is 7.12. The Balaban J connectivity index is 2.41. The number of hydrogen-bond donors (Lipinski definition) is 2. The van der Waals surface area contributed by atoms with Crippen molar-refractivity contribution in [3.05, 3.63) is 42.1 Å². The summed E-state index contributed by atoms with van der Waals surface area (Å²) in [5.41, 5.74) is 9.09. The Bertz CT molecular complexity index is 419. The number of aromatic nitrogens is 2. The zero-order valence-corrected chi connectivity index (χ0v) is 8.77. The standard InChI is InChI=1S/C12H15N3/c1-9(7-13)11-8-14-15-12(11)10-5-3-2-4-6-10/h2-6,8-9H,7,13H2,1H3,(H,14,15). The van der Waals surface area contributed by atoms with Crippen molar-refractivity contribution in [2.75, 3.05) is 6.54 Å². The van der Waals surface area contributed by atoms with Gasteiger partial charge in [0.25, 0.3) is 0 Å². The highest BCUT2D eigenvalue weighted by atomic mass is 15.1. The highest BCUT2D eigenvalue weighted by molar-refractivity contribution is 5.63. The summed E-state index contributed by atoms with van der Waals surface area (Å²) in [5.74, 6) is 0.332. The molecule has 1 aromatic heterocycles. The van der Waals surface area contributed by atoms with E-state index in [1.165, 1.54) is 5.56 Å². The predicted molar refractivity (Wildman–Crippen MR) is 61.5 cm³/mol. The predicted octanol–water partition coefficient (Wildman–Crippen LogP) is 2.14. The van der Waals surface area contributed by atoms with E-state index in [-0.39, 0.29) is 0 Å². The van der Waals surface area contributed by atoms with Crippen molar-refractivity contribution in [1.29, 1.82) is 0 Å². The van der Waals surface area contributed by atoms with Gasteiger partial charge in [-0.05, 0) is 18.0 Å². The Morgan fingerprint density at radius 3 is 2.73 bits per heavy atom. The van der Waals surface area contributed by atoms with Gasteiger partial charge in [-0.15, -0.1) is 0 Å². The first-order chi connectivity index (χ1) is 7.33. The summed E-state index contributed by atoms with van der Waals surface area (Å²) in [6.07, 6.45) is 1.86. The third kappa shape index (κ3) is 1.92. The molecule has 0 saturated carbocycles.